The summed E-state index contributed by atoms with van der Waals surface area (Å²) in [5, 5.41) is 0. The zero-order valence-corrected chi connectivity index (χ0v) is 7.48. The van der Waals surface area contributed by atoms with Crippen molar-refractivity contribution in [1.82, 2.24) is 0 Å². The molecule has 1 saturated carbocycles. The topological polar surface area (TPSA) is 0 Å². The summed E-state index contributed by atoms with van der Waals surface area (Å²) in [6.45, 7) is 11.1. The van der Waals surface area contributed by atoms with E-state index >= 15 is 0 Å². The molecule has 0 heterocycles. The third kappa shape index (κ3) is 1.21. The molecule has 1 fully saturated rings. The molecule has 0 aromatic heterocycles. The molecule has 0 spiro atoms. The molecule has 0 amide bonds. The largest absolute Gasteiger partial charge is 0.0622 e. The molecule has 1 unspecified atom stereocenters. The summed E-state index contributed by atoms with van der Waals surface area (Å²) in [6, 6.07) is 0. The predicted octanol–water partition coefficient (Wildman–Crippen LogP) is 3.28. The highest BCUT2D eigenvalue weighted by Gasteiger charge is 2.41. The summed E-state index contributed by atoms with van der Waals surface area (Å²) in [7, 11) is 0. The van der Waals surface area contributed by atoms with Gasteiger partial charge in [0.15, 0.2) is 0 Å². The summed E-state index contributed by atoms with van der Waals surface area (Å²) in [6.07, 6.45) is 4.00. The van der Waals surface area contributed by atoms with Gasteiger partial charge in [0.1, 0.15) is 0 Å². The van der Waals surface area contributed by atoms with Crippen molar-refractivity contribution in [3.63, 3.8) is 0 Å². The van der Waals surface area contributed by atoms with Crippen LogP contribution in [-0.4, -0.2) is 0 Å². The summed E-state index contributed by atoms with van der Waals surface area (Å²) in [5.74, 6) is 1.79. The van der Waals surface area contributed by atoms with E-state index in [0.29, 0.717) is 5.41 Å². The molecule has 0 bridgehead atoms. The first kappa shape index (κ1) is 8.10. The summed E-state index contributed by atoms with van der Waals surface area (Å²) in [4.78, 5) is 0. The van der Waals surface area contributed by atoms with Crippen molar-refractivity contribution in [2.24, 2.45) is 17.3 Å². The molecule has 1 atom stereocenters. The van der Waals surface area contributed by atoms with E-state index in [1.165, 1.54) is 12.8 Å². The Morgan fingerprint density at radius 2 is 2.00 bits per heavy atom. The van der Waals surface area contributed by atoms with Crippen molar-refractivity contribution in [3.05, 3.63) is 6.92 Å². The fourth-order valence-electron chi connectivity index (χ4n) is 1.71. The van der Waals surface area contributed by atoms with Gasteiger partial charge in [-0.15, -0.1) is 0 Å². The van der Waals surface area contributed by atoms with Crippen LogP contribution in [0.1, 0.15) is 40.0 Å². The van der Waals surface area contributed by atoms with E-state index in [1.54, 1.807) is 0 Å². The molecule has 0 nitrogen and oxygen atoms in total. The van der Waals surface area contributed by atoms with Gasteiger partial charge < -0.3 is 0 Å². The lowest BCUT2D eigenvalue weighted by Crippen LogP contribution is -2.24. The standard InChI is InChI=1S/C10H19/c1-5-10(4,8(2)3)9-6-7-9/h8-9H,1,5-7H2,2-4H3. The Hall–Kier alpha value is 0. The minimum atomic E-state index is 0.542. The van der Waals surface area contributed by atoms with E-state index in [-0.39, 0.29) is 0 Å². The zero-order valence-electron chi connectivity index (χ0n) is 7.48. The lowest BCUT2D eigenvalue weighted by molar-refractivity contribution is 0.180. The van der Waals surface area contributed by atoms with Crippen LogP contribution in [0.5, 0.6) is 0 Å². The van der Waals surface area contributed by atoms with Gasteiger partial charge in [-0.25, -0.2) is 0 Å². The normalized spacial score (nSPS) is 24.9. The minimum Gasteiger partial charge on any atom is -0.0622 e. The molecule has 1 radical (unpaired) electrons. The Morgan fingerprint density at radius 3 is 2.10 bits per heavy atom. The summed E-state index contributed by atoms with van der Waals surface area (Å²) in [5.41, 5.74) is 0.542. The molecule has 0 saturated heterocycles. The second kappa shape index (κ2) is 2.56. The third-order valence-corrected chi connectivity index (χ3v) is 3.37. The molecule has 1 rings (SSSR count). The molecule has 0 heteroatoms. The smallest absolute Gasteiger partial charge is 0.0274 e. The maximum atomic E-state index is 4.04. The van der Waals surface area contributed by atoms with Crippen molar-refractivity contribution in [1.29, 1.82) is 0 Å². The van der Waals surface area contributed by atoms with E-state index < -0.39 is 0 Å². The Kier molecular flexibility index (Phi) is 2.07. The van der Waals surface area contributed by atoms with Crippen molar-refractivity contribution >= 4 is 0 Å². The quantitative estimate of drug-likeness (QED) is 0.563. The average molecular weight is 139 g/mol. The van der Waals surface area contributed by atoms with Crippen LogP contribution in [0.15, 0.2) is 0 Å². The van der Waals surface area contributed by atoms with Crippen molar-refractivity contribution in [2.45, 2.75) is 40.0 Å². The number of rotatable bonds is 3. The lowest BCUT2D eigenvalue weighted by Gasteiger charge is -2.32. The first-order chi connectivity index (χ1) is 4.61. The highest BCUT2D eigenvalue weighted by molar-refractivity contribution is 4.93. The highest BCUT2D eigenvalue weighted by atomic mass is 14.5. The van der Waals surface area contributed by atoms with Crippen molar-refractivity contribution in [3.8, 4) is 0 Å². The Balaban J connectivity index is 2.56. The second-order valence-corrected chi connectivity index (χ2v) is 4.18. The Morgan fingerprint density at radius 1 is 1.50 bits per heavy atom. The molecule has 59 valence electrons. The molecule has 0 aromatic rings. The van der Waals surface area contributed by atoms with E-state index in [2.05, 4.69) is 27.7 Å². The molecule has 10 heavy (non-hydrogen) atoms. The van der Waals surface area contributed by atoms with Crippen LogP contribution in [0, 0.1) is 24.2 Å². The molecule has 1 aliphatic carbocycles. The summed E-state index contributed by atoms with van der Waals surface area (Å²) < 4.78 is 0. The third-order valence-electron chi connectivity index (χ3n) is 3.37. The van der Waals surface area contributed by atoms with Crippen LogP contribution in [0.2, 0.25) is 0 Å². The van der Waals surface area contributed by atoms with Crippen molar-refractivity contribution < 1.29 is 0 Å². The molecule has 0 aliphatic heterocycles. The maximum absolute atomic E-state index is 4.04. The van der Waals surface area contributed by atoms with Gasteiger partial charge in [0.2, 0.25) is 0 Å². The monoisotopic (exact) mass is 139 g/mol. The van der Waals surface area contributed by atoms with Crippen LogP contribution in [0.4, 0.5) is 0 Å². The second-order valence-electron chi connectivity index (χ2n) is 4.18. The van der Waals surface area contributed by atoms with Gasteiger partial charge in [-0.05, 0) is 36.5 Å². The minimum absolute atomic E-state index is 0.542. The maximum Gasteiger partial charge on any atom is -0.0274 e. The molecule has 0 aromatic carbocycles. The lowest BCUT2D eigenvalue weighted by atomic mass is 9.73. The van der Waals surface area contributed by atoms with Gasteiger partial charge in [0, 0.05) is 0 Å². The Bertz CT molecular complexity index is 107. The van der Waals surface area contributed by atoms with Gasteiger partial charge in [-0.3, -0.25) is 0 Å². The van der Waals surface area contributed by atoms with Gasteiger partial charge in [0.25, 0.3) is 0 Å². The average Bonchev–Trinajstić information content (AvgIpc) is 2.67. The Labute approximate surface area is 65.0 Å². The number of hydrogen-bond donors (Lipinski definition) is 0. The van der Waals surface area contributed by atoms with Gasteiger partial charge in [-0.1, -0.05) is 27.7 Å². The van der Waals surface area contributed by atoms with E-state index in [0.717, 1.165) is 18.3 Å². The zero-order chi connectivity index (χ0) is 7.78. The first-order valence-electron chi connectivity index (χ1n) is 4.40. The molecular formula is C10H19. The van der Waals surface area contributed by atoms with Crippen LogP contribution in [-0.2, 0) is 0 Å². The van der Waals surface area contributed by atoms with Crippen LogP contribution in [0.3, 0.4) is 0 Å². The van der Waals surface area contributed by atoms with Crippen LogP contribution < -0.4 is 0 Å². The molecule has 0 N–H and O–H groups in total. The van der Waals surface area contributed by atoms with Gasteiger partial charge in [0.05, 0.1) is 0 Å². The fraction of sp³-hybridized carbons (Fsp3) is 0.900. The van der Waals surface area contributed by atoms with Crippen LogP contribution >= 0.6 is 0 Å². The van der Waals surface area contributed by atoms with E-state index in [9.17, 15) is 0 Å². The molecule has 1 aliphatic rings. The fourth-order valence-corrected chi connectivity index (χ4v) is 1.71. The highest BCUT2D eigenvalue weighted by Crippen LogP contribution is 2.51. The summed E-state index contributed by atoms with van der Waals surface area (Å²) >= 11 is 0. The predicted molar refractivity (Wildman–Crippen MR) is 45.6 cm³/mol. The van der Waals surface area contributed by atoms with E-state index in [1.807, 2.05) is 0 Å². The van der Waals surface area contributed by atoms with Crippen molar-refractivity contribution in [2.75, 3.05) is 0 Å². The van der Waals surface area contributed by atoms with Gasteiger partial charge in [-0.2, -0.15) is 0 Å². The van der Waals surface area contributed by atoms with Crippen LogP contribution in [0.25, 0.3) is 0 Å². The molecular weight excluding hydrogens is 120 g/mol. The first-order valence-corrected chi connectivity index (χ1v) is 4.40. The van der Waals surface area contributed by atoms with E-state index in [4.69, 9.17) is 0 Å². The van der Waals surface area contributed by atoms with Gasteiger partial charge >= 0.3 is 0 Å². The SMILES string of the molecule is [CH2]CC(C)(C(C)C)C1CC1. The number of hydrogen-bond acceptors (Lipinski definition) is 0.